The van der Waals surface area contributed by atoms with Gasteiger partial charge in [-0.05, 0) is 53.2 Å². The lowest BCUT2D eigenvalue weighted by Crippen LogP contribution is -2.28. The first-order valence-electron chi connectivity index (χ1n) is 7.94. The molecule has 1 aliphatic heterocycles. The van der Waals surface area contributed by atoms with Crippen LogP contribution < -0.4 is 4.74 Å². The molecule has 0 atom stereocenters. The summed E-state index contributed by atoms with van der Waals surface area (Å²) in [6.07, 6.45) is 6.69. The highest BCUT2D eigenvalue weighted by Crippen LogP contribution is 2.37. The van der Waals surface area contributed by atoms with Crippen molar-refractivity contribution >= 4 is 52.2 Å². The highest BCUT2D eigenvalue weighted by molar-refractivity contribution is 8.18. The monoisotopic (exact) mass is 435 g/mol. The molecule has 3 rings (SSSR count). The Kier molecular flexibility index (Phi) is 6.30. The number of ether oxygens (including phenoxy) is 1. The number of carbonyl (C=O) groups is 2. The fraction of sp³-hybridized carbons (Fsp3) is 0.100. The van der Waals surface area contributed by atoms with E-state index >= 15 is 0 Å². The Morgan fingerprint density at radius 1 is 1.18 bits per heavy atom. The molecule has 28 heavy (non-hydrogen) atoms. The van der Waals surface area contributed by atoms with Gasteiger partial charge in [-0.15, -0.1) is 6.42 Å². The van der Waals surface area contributed by atoms with E-state index in [1.54, 1.807) is 24.3 Å². The standard InChI is InChI=1S/C20H12Cl2FNO3S/c1-2-7-24-19(25)17(28-20(24)26)10-13-8-15(21)18(16(22)9-13)27-11-12-3-5-14(23)6-4-12/h1,3-6,8-10H,7,11H2/b17-10-. The molecule has 2 aromatic carbocycles. The first-order valence-corrected chi connectivity index (χ1v) is 9.51. The van der Waals surface area contributed by atoms with Crippen molar-refractivity contribution in [2.45, 2.75) is 6.61 Å². The fourth-order valence-corrected chi connectivity index (χ4v) is 3.87. The zero-order chi connectivity index (χ0) is 20.3. The summed E-state index contributed by atoms with van der Waals surface area (Å²) >= 11 is 13.3. The van der Waals surface area contributed by atoms with Crippen LogP contribution in [0, 0.1) is 18.2 Å². The Morgan fingerprint density at radius 3 is 2.43 bits per heavy atom. The van der Waals surface area contributed by atoms with Crippen molar-refractivity contribution in [1.82, 2.24) is 4.90 Å². The van der Waals surface area contributed by atoms with Gasteiger partial charge < -0.3 is 4.74 Å². The van der Waals surface area contributed by atoms with Gasteiger partial charge in [-0.25, -0.2) is 4.39 Å². The minimum Gasteiger partial charge on any atom is -0.486 e. The van der Waals surface area contributed by atoms with Crippen LogP contribution in [0.5, 0.6) is 5.75 Å². The van der Waals surface area contributed by atoms with Crippen molar-refractivity contribution in [3.05, 3.63) is 68.3 Å². The van der Waals surface area contributed by atoms with Gasteiger partial charge in [0.2, 0.25) is 0 Å². The molecule has 1 fully saturated rings. The van der Waals surface area contributed by atoms with E-state index in [0.717, 1.165) is 22.2 Å². The predicted octanol–water partition coefficient (Wildman–Crippen LogP) is 5.38. The van der Waals surface area contributed by atoms with Crippen LogP contribution in [-0.2, 0) is 11.4 Å². The quantitative estimate of drug-likeness (QED) is 0.467. The lowest BCUT2D eigenvalue weighted by atomic mass is 10.2. The third kappa shape index (κ3) is 4.50. The number of nitrogens with zero attached hydrogens (tertiary/aromatic N) is 1. The molecule has 2 aromatic rings. The summed E-state index contributed by atoms with van der Waals surface area (Å²) in [5.41, 5.74) is 1.29. The highest BCUT2D eigenvalue weighted by Gasteiger charge is 2.34. The molecule has 0 bridgehead atoms. The summed E-state index contributed by atoms with van der Waals surface area (Å²) in [7, 11) is 0. The molecular weight excluding hydrogens is 424 g/mol. The largest absolute Gasteiger partial charge is 0.486 e. The van der Waals surface area contributed by atoms with Gasteiger partial charge >= 0.3 is 0 Å². The summed E-state index contributed by atoms with van der Waals surface area (Å²) in [5.74, 6) is 1.75. The summed E-state index contributed by atoms with van der Waals surface area (Å²) in [6, 6.07) is 9.00. The molecule has 8 heteroatoms. The van der Waals surface area contributed by atoms with E-state index in [1.165, 1.54) is 18.2 Å². The second-order valence-corrected chi connectivity index (χ2v) is 7.51. The molecule has 4 nitrogen and oxygen atoms in total. The number of thioether (sulfide) groups is 1. The van der Waals surface area contributed by atoms with Crippen LogP contribution in [-0.4, -0.2) is 22.6 Å². The Hall–Kier alpha value is -2.46. The van der Waals surface area contributed by atoms with Crippen LogP contribution in [0.3, 0.4) is 0 Å². The number of carbonyl (C=O) groups excluding carboxylic acids is 2. The average molecular weight is 436 g/mol. The number of rotatable bonds is 5. The van der Waals surface area contributed by atoms with Crippen molar-refractivity contribution in [3.8, 4) is 18.1 Å². The normalized spacial score (nSPS) is 15.2. The van der Waals surface area contributed by atoms with Crippen LogP contribution in [0.25, 0.3) is 6.08 Å². The minimum absolute atomic E-state index is 0.0836. The highest BCUT2D eigenvalue weighted by atomic mass is 35.5. The van der Waals surface area contributed by atoms with Crippen molar-refractivity contribution in [1.29, 1.82) is 0 Å². The summed E-state index contributed by atoms with van der Waals surface area (Å²) in [5, 5.41) is 0.0538. The first kappa shape index (κ1) is 20.3. The maximum Gasteiger partial charge on any atom is 0.294 e. The molecule has 0 unspecified atom stereocenters. The number of halogens is 3. The molecule has 0 N–H and O–H groups in total. The van der Waals surface area contributed by atoms with Gasteiger partial charge in [0.05, 0.1) is 21.5 Å². The SMILES string of the molecule is C#CCN1C(=O)S/C(=C\c2cc(Cl)c(OCc3ccc(F)cc3)c(Cl)c2)C1=O. The van der Waals surface area contributed by atoms with Gasteiger partial charge in [-0.1, -0.05) is 41.3 Å². The summed E-state index contributed by atoms with van der Waals surface area (Å²) < 4.78 is 18.6. The molecule has 0 aromatic heterocycles. The van der Waals surface area contributed by atoms with Gasteiger partial charge in [-0.2, -0.15) is 0 Å². The van der Waals surface area contributed by atoms with E-state index in [0.29, 0.717) is 5.56 Å². The molecule has 0 saturated carbocycles. The topological polar surface area (TPSA) is 46.6 Å². The zero-order valence-electron chi connectivity index (χ0n) is 14.2. The van der Waals surface area contributed by atoms with Crippen LogP contribution in [0.4, 0.5) is 9.18 Å². The number of hydrogen-bond donors (Lipinski definition) is 0. The third-order valence-corrected chi connectivity index (χ3v) is 5.21. The number of imide groups is 1. The third-order valence-electron chi connectivity index (χ3n) is 3.74. The van der Waals surface area contributed by atoms with E-state index in [4.69, 9.17) is 34.4 Å². The van der Waals surface area contributed by atoms with E-state index in [1.807, 2.05) is 0 Å². The van der Waals surface area contributed by atoms with E-state index in [9.17, 15) is 14.0 Å². The minimum atomic E-state index is -0.461. The van der Waals surface area contributed by atoms with Crippen molar-refractivity contribution in [3.63, 3.8) is 0 Å². The molecule has 1 heterocycles. The van der Waals surface area contributed by atoms with Crippen LogP contribution in [0.1, 0.15) is 11.1 Å². The van der Waals surface area contributed by atoms with Gasteiger partial charge in [0.25, 0.3) is 11.1 Å². The molecule has 0 spiro atoms. The number of benzene rings is 2. The number of terminal acetylenes is 1. The average Bonchev–Trinajstić information content (AvgIpc) is 2.90. The Balaban J connectivity index is 1.78. The fourth-order valence-electron chi connectivity index (χ4n) is 2.42. The molecular formula is C20H12Cl2FNO3S. The summed E-state index contributed by atoms with van der Waals surface area (Å²) in [4.78, 5) is 25.3. The zero-order valence-corrected chi connectivity index (χ0v) is 16.6. The van der Waals surface area contributed by atoms with Crippen molar-refractivity contribution < 1.29 is 18.7 Å². The molecule has 142 valence electrons. The van der Waals surface area contributed by atoms with Crippen LogP contribution >= 0.6 is 35.0 Å². The van der Waals surface area contributed by atoms with E-state index in [-0.39, 0.29) is 39.7 Å². The lowest BCUT2D eigenvalue weighted by Gasteiger charge is -2.11. The smallest absolute Gasteiger partial charge is 0.294 e. The van der Waals surface area contributed by atoms with E-state index < -0.39 is 11.1 Å². The Bertz CT molecular complexity index is 992. The van der Waals surface area contributed by atoms with E-state index in [2.05, 4.69) is 5.92 Å². The van der Waals surface area contributed by atoms with Gasteiger partial charge in [0.15, 0.2) is 5.75 Å². The molecule has 2 amide bonds. The van der Waals surface area contributed by atoms with Gasteiger partial charge in [0.1, 0.15) is 12.4 Å². The van der Waals surface area contributed by atoms with Gasteiger partial charge in [0, 0.05) is 0 Å². The second-order valence-electron chi connectivity index (χ2n) is 5.70. The number of amides is 2. The maximum absolute atomic E-state index is 13.0. The Labute approximate surface area is 175 Å². The van der Waals surface area contributed by atoms with Crippen LogP contribution in [0.15, 0.2) is 41.3 Å². The Morgan fingerprint density at radius 2 is 1.82 bits per heavy atom. The van der Waals surface area contributed by atoms with Crippen molar-refractivity contribution in [2.24, 2.45) is 0 Å². The van der Waals surface area contributed by atoms with Crippen LogP contribution in [0.2, 0.25) is 10.0 Å². The molecule has 1 saturated heterocycles. The second kappa shape index (κ2) is 8.70. The molecule has 0 radical (unpaired) electrons. The predicted molar refractivity (Wildman–Crippen MR) is 109 cm³/mol. The van der Waals surface area contributed by atoms with Gasteiger partial charge in [-0.3, -0.25) is 14.5 Å². The number of hydrogen-bond acceptors (Lipinski definition) is 4. The first-order chi connectivity index (χ1) is 13.4. The molecule has 1 aliphatic rings. The lowest BCUT2D eigenvalue weighted by molar-refractivity contribution is -0.122. The molecule has 0 aliphatic carbocycles. The van der Waals surface area contributed by atoms with Crippen molar-refractivity contribution in [2.75, 3.05) is 6.54 Å². The maximum atomic E-state index is 13.0. The summed E-state index contributed by atoms with van der Waals surface area (Å²) in [6.45, 7) is 0.0731.